The fourth-order valence-corrected chi connectivity index (χ4v) is 2.71. The lowest BCUT2D eigenvalue weighted by Crippen LogP contribution is -2.39. The number of likely N-dealkylation sites (N-methyl/N-ethyl adjacent to an activating group) is 1. The number of nitrogens with zero attached hydrogens (tertiary/aromatic N) is 2. The molecule has 2 unspecified atom stereocenters. The van der Waals surface area contributed by atoms with Crippen molar-refractivity contribution >= 4 is 29.9 Å². The number of hydrogen-bond donors (Lipinski definition) is 2. The van der Waals surface area contributed by atoms with Crippen LogP contribution in [0.15, 0.2) is 29.3 Å². The molecule has 1 aromatic rings. The minimum Gasteiger partial charge on any atom is -0.492 e. The summed E-state index contributed by atoms with van der Waals surface area (Å²) in [5.41, 5.74) is 1.19. The molecule has 0 amide bonds. The molecule has 1 aliphatic rings. The quantitative estimate of drug-likeness (QED) is 0.310. The highest BCUT2D eigenvalue weighted by atomic mass is 127. The lowest BCUT2D eigenvalue weighted by Gasteiger charge is -2.18. The van der Waals surface area contributed by atoms with Crippen molar-refractivity contribution in [2.75, 3.05) is 32.8 Å². The van der Waals surface area contributed by atoms with Crippen LogP contribution >= 0.6 is 24.0 Å². The molecule has 1 fully saturated rings. The van der Waals surface area contributed by atoms with Crippen molar-refractivity contribution < 1.29 is 4.74 Å². The van der Waals surface area contributed by atoms with Gasteiger partial charge in [-0.25, -0.2) is 4.99 Å². The van der Waals surface area contributed by atoms with Crippen molar-refractivity contribution in [2.45, 2.75) is 46.7 Å². The van der Waals surface area contributed by atoms with Gasteiger partial charge in [-0.15, -0.1) is 24.0 Å². The van der Waals surface area contributed by atoms with E-state index in [1.807, 2.05) is 12.1 Å². The highest BCUT2D eigenvalue weighted by molar-refractivity contribution is 14.0. The van der Waals surface area contributed by atoms with Crippen LogP contribution in [-0.4, -0.2) is 49.7 Å². The van der Waals surface area contributed by atoms with Gasteiger partial charge in [0.2, 0.25) is 0 Å². The van der Waals surface area contributed by atoms with E-state index in [9.17, 15) is 0 Å². The molecule has 2 N–H and O–H groups in total. The summed E-state index contributed by atoms with van der Waals surface area (Å²) in [4.78, 5) is 7.04. The maximum atomic E-state index is 5.83. The fourth-order valence-electron chi connectivity index (χ4n) is 2.71. The third kappa shape index (κ3) is 8.12. The zero-order valence-electron chi connectivity index (χ0n) is 16.6. The SMILES string of the molecule is CCNC(=NCc1ccc(OCCN(CC)CC)cc1)NC1CC1C.I. The number of guanidine groups is 1. The molecule has 0 bridgehead atoms. The number of aliphatic imine (C=N–C) groups is 1. The van der Waals surface area contributed by atoms with Gasteiger partial charge in [-0.1, -0.05) is 32.9 Å². The van der Waals surface area contributed by atoms with Crippen molar-refractivity contribution in [3.8, 4) is 5.75 Å². The summed E-state index contributed by atoms with van der Waals surface area (Å²) >= 11 is 0. The van der Waals surface area contributed by atoms with Crippen LogP contribution in [0.1, 0.15) is 39.7 Å². The Morgan fingerprint density at radius 3 is 2.38 bits per heavy atom. The van der Waals surface area contributed by atoms with E-state index in [0.29, 0.717) is 12.6 Å². The summed E-state index contributed by atoms with van der Waals surface area (Å²) in [6.07, 6.45) is 1.24. The highest BCUT2D eigenvalue weighted by Crippen LogP contribution is 2.28. The van der Waals surface area contributed by atoms with Crippen LogP contribution in [0, 0.1) is 5.92 Å². The molecule has 2 rings (SSSR count). The first-order valence-corrected chi connectivity index (χ1v) is 9.65. The first-order valence-electron chi connectivity index (χ1n) is 9.65. The first-order chi connectivity index (χ1) is 12.2. The summed E-state index contributed by atoms with van der Waals surface area (Å²) in [6.45, 7) is 14.1. The predicted molar refractivity (Wildman–Crippen MR) is 121 cm³/mol. The third-order valence-corrected chi connectivity index (χ3v) is 4.69. The van der Waals surface area contributed by atoms with Gasteiger partial charge in [0.1, 0.15) is 12.4 Å². The summed E-state index contributed by atoms with van der Waals surface area (Å²) in [7, 11) is 0. The number of rotatable bonds is 10. The van der Waals surface area contributed by atoms with Crippen LogP contribution in [0.25, 0.3) is 0 Å². The Balaban J connectivity index is 0.00000338. The van der Waals surface area contributed by atoms with Gasteiger partial charge < -0.3 is 20.3 Å². The Morgan fingerprint density at radius 1 is 1.19 bits per heavy atom. The van der Waals surface area contributed by atoms with E-state index in [0.717, 1.165) is 50.4 Å². The van der Waals surface area contributed by atoms with E-state index in [1.54, 1.807) is 0 Å². The van der Waals surface area contributed by atoms with Gasteiger partial charge in [-0.3, -0.25) is 0 Å². The van der Waals surface area contributed by atoms with E-state index >= 15 is 0 Å². The van der Waals surface area contributed by atoms with Gasteiger partial charge in [0.15, 0.2) is 5.96 Å². The molecule has 26 heavy (non-hydrogen) atoms. The van der Waals surface area contributed by atoms with Crippen molar-refractivity contribution in [1.29, 1.82) is 0 Å². The van der Waals surface area contributed by atoms with Crippen molar-refractivity contribution in [3.63, 3.8) is 0 Å². The van der Waals surface area contributed by atoms with Crippen molar-refractivity contribution in [2.24, 2.45) is 10.9 Å². The second kappa shape index (κ2) is 12.4. The molecule has 0 aromatic heterocycles. The van der Waals surface area contributed by atoms with Gasteiger partial charge in [-0.2, -0.15) is 0 Å². The normalized spacial score (nSPS) is 19.0. The molecular weight excluding hydrogens is 439 g/mol. The fraction of sp³-hybridized carbons (Fsp3) is 0.650. The van der Waals surface area contributed by atoms with E-state index in [-0.39, 0.29) is 24.0 Å². The third-order valence-electron chi connectivity index (χ3n) is 4.69. The number of ether oxygens (including phenoxy) is 1. The van der Waals surface area contributed by atoms with E-state index in [2.05, 4.69) is 60.4 Å². The summed E-state index contributed by atoms with van der Waals surface area (Å²) in [5, 5.41) is 6.80. The zero-order valence-corrected chi connectivity index (χ0v) is 19.0. The molecule has 6 heteroatoms. The van der Waals surface area contributed by atoms with Gasteiger partial charge in [-0.05, 0) is 50.0 Å². The Kier molecular flexibility index (Phi) is 11.0. The lowest BCUT2D eigenvalue weighted by atomic mass is 10.2. The van der Waals surface area contributed by atoms with Crippen LogP contribution in [-0.2, 0) is 6.54 Å². The summed E-state index contributed by atoms with van der Waals surface area (Å²) in [5.74, 6) is 2.60. The lowest BCUT2D eigenvalue weighted by molar-refractivity contribution is 0.223. The Morgan fingerprint density at radius 2 is 1.85 bits per heavy atom. The molecule has 148 valence electrons. The van der Waals surface area contributed by atoms with Gasteiger partial charge in [0.25, 0.3) is 0 Å². The summed E-state index contributed by atoms with van der Waals surface area (Å²) in [6, 6.07) is 8.85. The smallest absolute Gasteiger partial charge is 0.191 e. The van der Waals surface area contributed by atoms with E-state index < -0.39 is 0 Å². The molecule has 5 nitrogen and oxygen atoms in total. The largest absolute Gasteiger partial charge is 0.492 e. The maximum absolute atomic E-state index is 5.83. The van der Waals surface area contributed by atoms with E-state index in [1.165, 1.54) is 12.0 Å². The number of nitrogens with one attached hydrogen (secondary N) is 2. The second-order valence-corrected chi connectivity index (χ2v) is 6.68. The minimum absolute atomic E-state index is 0. The Hall–Kier alpha value is -1.02. The molecule has 1 saturated carbocycles. The number of benzene rings is 1. The molecular formula is C20H35IN4O. The topological polar surface area (TPSA) is 48.9 Å². The minimum atomic E-state index is 0. The second-order valence-electron chi connectivity index (χ2n) is 6.68. The molecule has 0 radical (unpaired) electrons. The monoisotopic (exact) mass is 474 g/mol. The van der Waals surface area contributed by atoms with Crippen LogP contribution in [0.4, 0.5) is 0 Å². The molecule has 2 atom stereocenters. The zero-order chi connectivity index (χ0) is 18.1. The van der Waals surface area contributed by atoms with Gasteiger partial charge in [0.05, 0.1) is 6.54 Å². The van der Waals surface area contributed by atoms with Crippen LogP contribution in [0.2, 0.25) is 0 Å². The average Bonchev–Trinajstić information content (AvgIpc) is 3.32. The van der Waals surface area contributed by atoms with E-state index in [4.69, 9.17) is 4.74 Å². The molecule has 0 heterocycles. The maximum Gasteiger partial charge on any atom is 0.191 e. The molecule has 0 spiro atoms. The number of hydrogen-bond acceptors (Lipinski definition) is 3. The molecule has 1 aromatic carbocycles. The van der Waals surface area contributed by atoms with Crippen molar-refractivity contribution in [1.82, 2.24) is 15.5 Å². The first kappa shape index (κ1) is 23.0. The van der Waals surface area contributed by atoms with Crippen LogP contribution < -0.4 is 15.4 Å². The highest BCUT2D eigenvalue weighted by Gasteiger charge is 2.33. The standard InChI is InChI=1S/C20H34N4O.HI/c1-5-21-20(23-19-14-16(19)4)22-15-17-8-10-18(11-9-17)25-13-12-24(6-2)7-3;/h8-11,16,19H,5-7,12-15H2,1-4H3,(H2,21,22,23);1H. The van der Waals surface area contributed by atoms with Crippen LogP contribution in [0.5, 0.6) is 5.75 Å². The van der Waals surface area contributed by atoms with Crippen molar-refractivity contribution in [3.05, 3.63) is 29.8 Å². The average molecular weight is 474 g/mol. The van der Waals surface area contributed by atoms with Crippen LogP contribution in [0.3, 0.4) is 0 Å². The predicted octanol–water partition coefficient (Wildman–Crippen LogP) is 3.49. The number of halogens is 1. The Labute approximate surface area is 176 Å². The summed E-state index contributed by atoms with van der Waals surface area (Å²) < 4.78 is 5.83. The Bertz CT molecular complexity index is 531. The molecule has 1 aliphatic carbocycles. The molecule has 0 saturated heterocycles. The van der Waals surface area contributed by atoms with Gasteiger partial charge in [0, 0.05) is 19.1 Å². The van der Waals surface area contributed by atoms with Gasteiger partial charge >= 0.3 is 0 Å². The molecule has 0 aliphatic heterocycles.